The van der Waals surface area contributed by atoms with E-state index >= 15 is 0 Å². The predicted octanol–water partition coefficient (Wildman–Crippen LogP) is 1.89. The first kappa shape index (κ1) is 12.1. The van der Waals surface area contributed by atoms with Crippen molar-refractivity contribution in [3.05, 3.63) is 20.0 Å². The highest BCUT2D eigenvalue weighted by atomic mass is 127. The molecular formula is C7H5F3INO3. The third kappa shape index (κ3) is 3.29. The second-order valence-corrected chi connectivity index (χ2v) is 3.55. The van der Waals surface area contributed by atoms with Gasteiger partial charge in [-0.2, -0.15) is 0 Å². The summed E-state index contributed by atoms with van der Waals surface area (Å²) in [5, 5.41) is 0. The van der Waals surface area contributed by atoms with Crippen molar-refractivity contribution >= 4 is 22.6 Å². The molecule has 1 aromatic rings. The molecule has 1 N–H and O–H groups in total. The van der Waals surface area contributed by atoms with E-state index < -0.39 is 17.7 Å². The normalized spacial score (nSPS) is 11.3. The quantitative estimate of drug-likeness (QED) is 0.840. The molecule has 84 valence electrons. The van der Waals surface area contributed by atoms with E-state index in [0.717, 1.165) is 0 Å². The largest absolute Gasteiger partial charge is 0.573 e. The third-order valence-electron chi connectivity index (χ3n) is 1.36. The molecule has 1 heterocycles. The molecular weight excluding hydrogens is 330 g/mol. The van der Waals surface area contributed by atoms with Gasteiger partial charge in [0.15, 0.2) is 5.88 Å². The van der Waals surface area contributed by atoms with Crippen LogP contribution in [0.3, 0.4) is 0 Å². The Morgan fingerprint density at radius 3 is 2.47 bits per heavy atom. The van der Waals surface area contributed by atoms with E-state index in [1.54, 1.807) is 22.6 Å². The zero-order valence-electron chi connectivity index (χ0n) is 7.31. The third-order valence-corrected chi connectivity index (χ3v) is 2.16. The number of hydrogen-bond acceptors (Lipinski definition) is 3. The minimum Gasteiger partial charge on any atom is -0.482 e. The lowest BCUT2D eigenvalue weighted by molar-refractivity contribution is -0.275. The number of nitrogens with one attached hydrogen (secondary N) is 1. The van der Waals surface area contributed by atoms with Gasteiger partial charge in [0, 0.05) is 6.07 Å². The Kier molecular flexibility index (Phi) is 3.47. The second kappa shape index (κ2) is 4.29. The second-order valence-electron chi connectivity index (χ2n) is 2.39. The number of pyridine rings is 1. The Morgan fingerprint density at radius 1 is 1.47 bits per heavy atom. The first-order valence-electron chi connectivity index (χ1n) is 3.56. The van der Waals surface area contributed by atoms with Gasteiger partial charge in [-0.25, -0.2) is 0 Å². The van der Waals surface area contributed by atoms with Gasteiger partial charge in [-0.3, -0.25) is 9.78 Å². The van der Waals surface area contributed by atoms with Gasteiger partial charge in [-0.1, -0.05) is 0 Å². The Bertz CT molecular complexity index is 415. The molecule has 0 bridgehead atoms. The van der Waals surface area contributed by atoms with Crippen LogP contribution in [0, 0.1) is 3.57 Å². The lowest BCUT2D eigenvalue weighted by Crippen LogP contribution is -2.23. The van der Waals surface area contributed by atoms with Crippen LogP contribution in [0.15, 0.2) is 10.9 Å². The van der Waals surface area contributed by atoms with Crippen molar-refractivity contribution in [3.8, 4) is 11.6 Å². The van der Waals surface area contributed by atoms with Crippen LogP contribution in [-0.2, 0) is 0 Å². The summed E-state index contributed by atoms with van der Waals surface area (Å²) in [5.74, 6) is -0.720. The molecule has 0 aromatic carbocycles. The van der Waals surface area contributed by atoms with Crippen molar-refractivity contribution < 1.29 is 22.6 Å². The fraction of sp³-hybridized carbons (Fsp3) is 0.286. The number of rotatable bonds is 2. The fourth-order valence-electron chi connectivity index (χ4n) is 0.815. The topological polar surface area (TPSA) is 51.3 Å². The number of aromatic nitrogens is 1. The smallest absolute Gasteiger partial charge is 0.482 e. The number of hydrogen-bond donors (Lipinski definition) is 1. The first-order valence-corrected chi connectivity index (χ1v) is 4.64. The number of ether oxygens (including phenoxy) is 2. The summed E-state index contributed by atoms with van der Waals surface area (Å²) in [7, 11) is 1.28. The molecule has 1 aromatic heterocycles. The average Bonchev–Trinajstić information content (AvgIpc) is 2.09. The van der Waals surface area contributed by atoms with Crippen LogP contribution in [0.4, 0.5) is 13.2 Å². The average molecular weight is 335 g/mol. The fourth-order valence-corrected chi connectivity index (χ4v) is 1.45. The van der Waals surface area contributed by atoms with E-state index in [1.807, 2.05) is 0 Å². The van der Waals surface area contributed by atoms with Gasteiger partial charge in [0.1, 0.15) is 0 Å². The molecule has 4 nitrogen and oxygen atoms in total. The molecule has 0 aliphatic rings. The van der Waals surface area contributed by atoms with Crippen LogP contribution in [0.1, 0.15) is 0 Å². The standard InChI is InChI=1S/C7H5F3INO3/c1-14-4-2-3(11)5(6(13)12-4)15-7(8,9)10/h2H,1H3,(H,12,13). The van der Waals surface area contributed by atoms with E-state index in [1.165, 1.54) is 13.2 Å². The molecule has 0 spiro atoms. The molecule has 0 saturated carbocycles. The van der Waals surface area contributed by atoms with E-state index in [9.17, 15) is 18.0 Å². The van der Waals surface area contributed by atoms with Crippen molar-refractivity contribution in [1.29, 1.82) is 0 Å². The molecule has 0 radical (unpaired) electrons. The lowest BCUT2D eigenvalue weighted by atomic mass is 10.4. The van der Waals surface area contributed by atoms with Gasteiger partial charge < -0.3 is 9.47 Å². The summed E-state index contributed by atoms with van der Waals surface area (Å²) >= 11 is 1.55. The molecule has 0 saturated heterocycles. The van der Waals surface area contributed by atoms with Crippen LogP contribution < -0.4 is 15.0 Å². The molecule has 1 rings (SSSR count). The molecule has 15 heavy (non-hydrogen) atoms. The minimum absolute atomic E-state index is 0.0190. The maximum absolute atomic E-state index is 11.9. The molecule has 0 fully saturated rings. The summed E-state index contributed by atoms with van der Waals surface area (Å²) in [4.78, 5) is 13.2. The molecule has 0 aliphatic carbocycles. The maximum Gasteiger partial charge on any atom is 0.573 e. The van der Waals surface area contributed by atoms with Crippen LogP contribution in [-0.4, -0.2) is 18.5 Å². The summed E-state index contributed by atoms with van der Waals surface area (Å²) in [6.07, 6.45) is -4.89. The number of aromatic amines is 1. The van der Waals surface area contributed by atoms with Gasteiger partial charge in [0.2, 0.25) is 5.75 Å². The lowest BCUT2D eigenvalue weighted by Gasteiger charge is -2.10. The Hall–Kier alpha value is -0.930. The number of H-pyrrole nitrogens is 1. The van der Waals surface area contributed by atoms with Crippen molar-refractivity contribution in [1.82, 2.24) is 4.98 Å². The van der Waals surface area contributed by atoms with Crippen molar-refractivity contribution in [2.24, 2.45) is 0 Å². The maximum atomic E-state index is 11.9. The Morgan fingerprint density at radius 2 is 2.07 bits per heavy atom. The molecule has 0 amide bonds. The zero-order chi connectivity index (χ0) is 11.6. The first-order chi connectivity index (χ1) is 6.83. The highest BCUT2D eigenvalue weighted by molar-refractivity contribution is 14.1. The van der Waals surface area contributed by atoms with E-state index in [4.69, 9.17) is 0 Å². The SMILES string of the molecule is COc1cc(I)c(OC(F)(F)F)c(=O)[nH]1. The van der Waals surface area contributed by atoms with E-state index in [2.05, 4.69) is 14.5 Å². The summed E-state index contributed by atoms with van der Waals surface area (Å²) < 4.78 is 43.9. The number of alkyl halides is 3. The molecule has 0 atom stereocenters. The molecule has 0 aliphatic heterocycles. The number of methoxy groups -OCH3 is 1. The predicted molar refractivity (Wildman–Crippen MR) is 53.0 cm³/mol. The van der Waals surface area contributed by atoms with E-state index in [0.29, 0.717) is 0 Å². The van der Waals surface area contributed by atoms with Gasteiger partial charge >= 0.3 is 6.36 Å². The van der Waals surface area contributed by atoms with Crippen LogP contribution in [0.25, 0.3) is 0 Å². The van der Waals surface area contributed by atoms with Gasteiger partial charge in [-0.15, -0.1) is 13.2 Å². The summed E-state index contributed by atoms with van der Waals surface area (Å²) in [6.45, 7) is 0. The van der Waals surface area contributed by atoms with Gasteiger partial charge in [0.25, 0.3) is 5.56 Å². The Labute approximate surface area is 95.5 Å². The Balaban J connectivity index is 3.15. The van der Waals surface area contributed by atoms with Crippen molar-refractivity contribution in [3.63, 3.8) is 0 Å². The molecule has 0 unspecified atom stereocenters. The number of halogens is 4. The van der Waals surface area contributed by atoms with Crippen LogP contribution in [0.2, 0.25) is 0 Å². The zero-order valence-corrected chi connectivity index (χ0v) is 9.47. The van der Waals surface area contributed by atoms with Gasteiger partial charge in [0.05, 0.1) is 10.7 Å². The van der Waals surface area contributed by atoms with Crippen LogP contribution >= 0.6 is 22.6 Å². The monoisotopic (exact) mass is 335 g/mol. The minimum atomic E-state index is -4.89. The van der Waals surface area contributed by atoms with Crippen molar-refractivity contribution in [2.75, 3.05) is 7.11 Å². The summed E-state index contributed by atoms with van der Waals surface area (Å²) in [6, 6.07) is 1.23. The van der Waals surface area contributed by atoms with E-state index in [-0.39, 0.29) is 9.45 Å². The van der Waals surface area contributed by atoms with Gasteiger partial charge in [-0.05, 0) is 22.6 Å². The van der Waals surface area contributed by atoms with Crippen LogP contribution in [0.5, 0.6) is 11.6 Å². The summed E-state index contributed by atoms with van der Waals surface area (Å²) in [5.41, 5.74) is -0.990. The molecule has 8 heteroatoms. The highest BCUT2D eigenvalue weighted by Crippen LogP contribution is 2.25. The highest BCUT2D eigenvalue weighted by Gasteiger charge is 2.33. The van der Waals surface area contributed by atoms with Crippen molar-refractivity contribution in [2.45, 2.75) is 6.36 Å².